The number of anilines is 1. The maximum absolute atomic E-state index is 12.7. The van der Waals surface area contributed by atoms with Gasteiger partial charge in [-0.2, -0.15) is 0 Å². The Kier molecular flexibility index (Phi) is 5.67. The van der Waals surface area contributed by atoms with E-state index in [1.807, 2.05) is 55.1 Å². The van der Waals surface area contributed by atoms with E-state index >= 15 is 0 Å². The van der Waals surface area contributed by atoms with Gasteiger partial charge >= 0.3 is 5.97 Å². The second-order valence-corrected chi connectivity index (χ2v) is 9.04. The Morgan fingerprint density at radius 1 is 1.19 bits per heavy atom. The lowest BCUT2D eigenvalue weighted by molar-refractivity contribution is -0.154. The summed E-state index contributed by atoms with van der Waals surface area (Å²) in [6.45, 7) is 2.25. The van der Waals surface area contributed by atoms with Gasteiger partial charge < -0.3 is 19.0 Å². The van der Waals surface area contributed by atoms with Gasteiger partial charge in [-0.1, -0.05) is 0 Å². The van der Waals surface area contributed by atoms with Gasteiger partial charge in [-0.15, -0.1) is 0 Å². The Morgan fingerprint density at radius 2 is 1.94 bits per heavy atom. The molecule has 0 radical (unpaired) electrons. The van der Waals surface area contributed by atoms with E-state index in [4.69, 9.17) is 20.8 Å². The Balaban J connectivity index is 1.42. The number of rotatable bonds is 6. The van der Waals surface area contributed by atoms with Crippen molar-refractivity contribution in [2.75, 3.05) is 11.9 Å². The van der Waals surface area contributed by atoms with Crippen LogP contribution in [-0.4, -0.2) is 33.2 Å². The Labute approximate surface area is 192 Å². The maximum atomic E-state index is 12.7. The summed E-state index contributed by atoms with van der Waals surface area (Å²) in [5.41, 5.74) is 1.58. The van der Waals surface area contributed by atoms with Crippen LogP contribution in [0.4, 0.5) is 5.82 Å². The molecule has 3 heterocycles. The van der Waals surface area contributed by atoms with Crippen molar-refractivity contribution in [3.8, 4) is 22.9 Å². The van der Waals surface area contributed by atoms with Crippen LogP contribution in [0, 0.1) is 17.8 Å². The number of hydrogen-bond donors (Lipinski definition) is 1. The van der Waals surface area contributed by atoms with Crippen molar-refractivity contribution in [1.29, 1.82) is 0 Å². The summed E-state index contributed by atoms with van der Waals surface area (Å²) in [7, 11) is 1.97. The van der Waals surface area contributed by atoms with E-state index in [-0.39, 0.29) is 23.2 Å². The van der Waals surface area contributed by atoms with E-state index in [0.717, 1.165) is 37.1 Å². The summed E-state index contributed by atoms with van der Waals surface area (Å²) >= 11 is 6.28. The normalized spacial score (nSPS) is 24.5. The fraction of sp³-hybridized carbons (Fsp3) is 0.458. The van der Waals surface area contributed by atoms with E-state index in [1.54, 1.807) is 0 Å². The standard InChI is InChI=1S/C24H27ClN4O3/c1-3-31-23(30)21-14-6-8-15(9-7-14)22(21)27-20-13-16(26-24(25)28-20)18-10-11-19(32-18)17-5-4-12-29(17)2/h4-5,10-15,21-22H,3,6-9H2,1-2H3,(H,26,27,28)/t14?,15?,21-,22-/m0/s1. The van der Waals surface area contributed by atoms with Crippen LogP contribution in [0.3, 0.4) is 0 Å². The average molecular weight is 455 g/mol. The van der Waals surface area contributed by atoms with Gasteiger partial charge in [-0.05, 0) is 80.3 Å². The Morgan fingerprint density at radius 3 is 2.66 bits per heavy atom. The van der Waals surface area contributed by atoms with Crippen LogP contribution in [-0.2, 0) is 16.6 Å². The van der Waals surface area contributed by atoms with E-state index < -0.39 is 0 Å². The number of nitrogens with one attached hydrogen (secondary N) is 1. The molecule has 3 aromatic heterocycles. The van der Waals surface area contributed by atoms with Crippen LogP contribution in [0.25, 0.3) is 22.9 Å². The van der Waals surface area contributed by atoms with Gasteiger partial charge in [-0.3, -0.25) is 4.79 Å². The van der Waals surface area contributed by atoms with Gasteiger partial charge in [0.25, 0.3) is 0 Å². The minimum Gasteiger partial charge on any atom is -0.466 e. The SMILES string of the molecule is CCOC(=O)[C@H]1C2CCC(CC2)[C@@H]1Nc1cc(-c2ccc(-c3cccn3C)o2)nc(Cl)n1. The Hall–Kier alpha value is -2.80. The molecule has 32 heavy (non-hydrogen) atoms. The molecule has 0 unspecified atom stereocenters. The van der Waals surface area contributed by atoms with Crippen molar-refractivity contribution in [3.05, 3.63) is 41.8 Å². The lowest BCUT2D eigenvalue weighted by atomic mass is 9.61. The number of ether oxygens (including phenoxy) is 1. The number of esters is 1. The maximum Gasteiger partial charge on any atom is 0.311 e. The summed E-state index contributed by atoms with van der Waals surface area (Å²) in [5, 5.41) is 3.65. The van der Waals surface area contributed by atoms with E-state index in [9.17, 15) is 4.79 Å². The molecule has 6 rings (SSSR count). The largest absolute Gasteiger partial charge is 0.466 e. The minimum atomic E-state index is -0.160. The molecule has 0 saturated heterocycles. The number of carbonyl (C=O) groups excluding carboxylic acids is 1. The number of nitrogens with zero attached hydrogens (tertiary/aromatic N) is 3. The zero-order valence-electron chi connectivity index (χ0n) is 18.3. The smallest absolute Gasteiger partial charge is 0.311 e. The molecule has 168 valence electrons. The van der Waals surface area contributed by atoms with Crippen LogP contribution in [0.15, 0.2) is 40.9 Å². The molecule has 3 saturated carbocycles. The lowest BCUT2D eigenvalue weighted by Crippen LogP contribution is -2.52. The fourth-order valence-corrected chi connectivity index (χ4v) is 5.54. The molecule has 7 nitrogen and oxygen atoms in total. The molecule has 0 aromatic carbocycles. The van der Waals surface area contributed by atoms with Crippen molar-refractivity contribution in [2.24, 2.45) is 24.8 Å². The number of furan rings is 1. The number of hydrogen-bond acceptors (Lipinski definition) is 6. The number of aryl methyl sites for hydroxylation is 1. The predicted octanol–water partition coefficient (Wildman–Crippen LogP) is 5.18. The highest BCUT2D eigenvalue weighted by atomic mass is 35.5. The third-order valence-electron chi connectivity index (χ3n) is 6.85. The van der Waals surface area contributed by atoms with Crippen molar-refractivity contribution >= 4 is 23.4 Å². The van der Waals surface area contributed by atoms with Gasteiger partial charge in [-0.25, -0.2) is 9.97 Å². The highest BCUT2D eigenvalue weighted by Gasteiger charge is 2.48. The Bertz CT molecular complexity index is 1120. The first-order valence-corrected chi connectivity index (χ1v) is 11.6. The summed E-state index contributed by atoms with van der Waals surface area (Å²) in [6, 6.07) is 9.59. The number of fused-ring (bicyclic) bond motifs is 3. The second kappa shape index (κ2) is 8.62. The molecule has 1 N–H and O–H groups in total. The van der Waals surface area contributed by atoms with Gasteiger partial charge in [0, 0.05) is 25.4 Å². The molecular weight excluding hydrogens is 428 g/mol. The third-order valence-corrected chi connectivity index (χ3v) is 7.01. The van der Waals surface area contributed by atoms with Crippen molar-refractivity contribution < 1.29 is 13.9 Å². The first-order valence-electron chi connectivity index (χ1n) is 11.2. The number of aromatic nitrogens is 3. The van der Waals surface area contributed by atoms with Gasteiger partial charge in [0.2, 0.25) is 5.28 Å². The summed E-state index contributed by atoms with van der Waals surface area (Å²) < 4.78 is 13.5. The molecule has 3 fully saturated rings. The zero-order valence-corrected chi connectivity index (χ0v) is 19.0. The van der Waals surface area contributed by atoms with Crippen LogP contribution in [0.1, 0.15) is 32.6 Å². The monoisotopic (exact) mass is 454 g/mol. The number of carbonyl (C=O) groups is 1. The van der Waals surface area contributed by atoms with Crippen LogP contribution < -0.4 is 5.32 Å². The fourth-order valence-electron chi connectivity index (χ4n) is 5.35. The zero-order chi connectivity index (χ0) is 22.2. The van der Waals surface area contributed by atoms with Crippen molar-refractivity contribution in [2.45, 2.75) is 38.6 Å². The molecule has 3 aromatic rings. The molecule has 0 amide bonds. The molecule has 0 aliphatic heterocycles. The van der Waals surface area contributed by atoms with Gasteiger partial charge in [0.05, 0.1) is 18.2 Å². The van der Waals surface area contributed by atoms with E-state index in [1.165, 1.54) is 0 Å². The van der Waals surface area contributed by atoms with Crippen LogP contribution in [0.5, 0.6) is 0 Å². The molecule has 8 heteroatoms. The summed E-state index contributed by atoms with van der Waals surface area (Å²) in [4.78, 5) is 21.5. The van der Waals surface area contributed by atoms with Gasteiger partial charge in [0.15, 0.2) is 11.5 Å². The quantitative estimate of drug-likeness (QED) is 0.408. The summed E-state index contributed by atoms with van der Waals surface area (Å²) in [6.07, 6.45) is 6.36. The highest BCUT2D eigenvalue weighted by Crippen LogP contribution is 2.46. The lowest BCUT2D eigenvalue weighted by Gasteiger charge is -2.47. The van der Waals surface area contributed by atoms with E-state index in [2.05, 4.69) is 15.3 Å². The number of halogens is 1. The topological polar surface area (TPSA) is 82.2 Å². The third kappa shape index (κ3) is 3.90. The molecule has 2 bridgehead atoms. The summed E-state index contributed by atoms with van der Waals surface area (Å²) in [5.74, 6) is 2.46. The molecule has 2 atom stereocenters. The van der Waals surface area contributed by atoms with Gasteiger partial charge in [0.1, 0.15) is 11.5 Å². The molecule has 0 spiro atoms. The van der Waals surface area contributed by atoms with Crippen LogP contribution in [0.2, 0.25) is 5.28 Å². The van der Waals surface area contributed by atoms with E-state index in [0.29, 0.717) is 35.7 Å². The first-order chi connectivity index (χ1) is 15.5. The average Bonchev–Trinajstić information content (AvgIpc) is 3.43. The first kappa shape index (κ1) is 21.1. The predicted molar refractivity (Wildman–Crippen MR) is 122 cm³/mol. The molecule has 3 aliphatic rings. The second-order valence-electron chi connectivity index (χ2n) is 8.70. The molecule has 3 aliphatic carbocycles. The highest BCUT2D eigenvalue weighted by molar-refractivity contribution is 6.28. The van der Waals surface area contributed by atoms with Crippen LogP contribution >= 0.6 is 11.6 Å². The van der Waals surface area contributed by atoms with Crippen molar-refractivity contribution in [3.63, 3.8) is 0 Å². The van der Waals surface area contributed by atoms with Crippen molar-refractivity contribution in [1.82, 2.24) is 14.5 Å². The molecular formula is C24H27ClN4O3. The minimum absolute atomic E-state index is 0.0177.